The molecule has 0 fully saturated rings. The normalized spacial score (nSPS) is 10.9. The van der Waals surface area contributed by atoms with Gasteiger partial charge in [0.15, 0.2) is 0 Å². The van der Waals surface area contributed by atoms with Crippen LogP contribution in [0.4, 0.5) is 10.6 Å². The third kappa shape index (κ3) is 3.12. The minimum absolute atomic E-state index is 0.221. The number of aromatic nitrogens is 2. The van der Waals surface area contributed by atoms with Gasteiger partial charge in [-0.25, -0.2) is 9.52 Å². The molecule has 0 spiro atoms. The summed E-state index contributed by atoms with van der Waals surface area (Å²) in [4.78, 5) is 10.7. The minimum atomic E-state index is -3.99. The van der Waals surface area contributed by atoms with Crippen LogP contribution in [0.5, 0.6) is 0 Å². The van der Waals surface area contributed by atoms with E-state index in [1.165, 1.54) is 6.20 Å². The van der Waals surface area contributed by atoms with Crippen LogP contribution < -0.4 is 9.44 Å². The van der Waals surface area contributed by atoms with Crippen molar-refractivity contribution in [3.63, 3.8) is 0 Å². The number of rotatable bonds is 4. The van der Waals surface area contributed by atoms with Gasteiger partial charge in [0, 0.05) is 5.56 Å². The SMILES string of the molecule is CCc1cn[nH]c1NS(=O)(=O)NC(=O)OC. The standard InChI is InChI=1S/C7H12N4O4S/c1-3-5-4-8-9-6(5)10-16(13,14)11-7(12)15-2/h4H,3H2,1-2H3,(H,11,12)(H2,8,9,10). The fraction of sp³-hybridized carbons (Fsp3) is 0.429. The predicted octanol–water partition coefficient (Wildman–Crippen LogP) is -0.0152. The molecule has 8 nitrogen and oxygen atoms in total. The first-order valence-corrected chi connectivity index (χ1v) is 5.87. The lowest BCUT2D eigenvalue weighted by Crippen LogP contribution is -2.35. The van der Waals surface area contributed by atoms with Crippen LogP contribution in [0.15, 0.2) is 6.20 Å². The molecule has 0 aliphatic heterocycles. The van der Waals surface area contributed by atoms with Crippen molar-refractivity contribution >= 4 is 22.1 Å². The molecule has 0 radical (unpaired) electrons. The lowest BCUT2D eigenvalue weighted by Gasteiger charge is -2.07. The van der Waals surface area contributed by atoms with Crippen molar-refractivity contribution in [1.82, 2.24) is 14.9 Å². The zero-order valence-electron chi connectivity index (χ0n) is 8.77. The van der Waals surface area contributed by atoms with Crippen LogP contribution in [0.25, 0.3) is 0 Å². The van der Waals surface area contributed by atoms with E-state index in [9.17, 15) is 13.2 Å². The van der Waals surface area contributed by atoms with Gasteiger partial charge in [-0.15, -0.1) is 0 Å². The highest BCUT2D eigenvalue weighted by Gasteiger charge is 2.16. The Labute approximate surface area is 92.6 Å². The molecule has 9 heteroatoms. The molecule has 1 amide bonds. The highest BCUT2D eigenvalue weighted by molar-refractivity contribution is 7.91. The number of hydrogen-bond acceptors (Lipinski definition) is 5. The van der Waals surface area contributed by atoms with Crippen LogP contribution in [0.2, 0.25) is 0 Å². The second-order valence-electron chi connectivity index (χ2n) is 2.82. The molecule has 0 aromatic carbocycles. The van der Waals surface area contributed by atoms with Gasteiger partial charge in [0.1, 0.15) is 5.82 Å². The first-order valence-electron chi connectivity index (χ1n) is 4.39. The number of nitrogens with zero attached hydrogens (tertiary/aromatic N) is 1. The van der Waals surface area contributed by atoms with E-state index in [1.54, 1.807) is 4.72 Å². The zero-order chi connectivity index (χ0) is 12.2. The van der Waals surface area contributed by atoms with Crippen LogP contribution in [-0.2, 0) is 21.4 Å². The summed E-state index contributed by atoms with van der Waals surface area (Å²) in [6.07, 6.45) is 1.04. The smallest absolute Gasteiger partial charge is 0.422 e. The number of aromatic amines is 1. The van der Waals surface area contributed by atoms with E-state index < -0.39 is 16.3 Å². The van der Waals surface area contributed by atoms with Gasteiger partial charge in [-0.05, 0) is 6.42 Å². The Balaban J connectivity index is 2.77. The highest BCUT2D eigenvalue weighted by atomic mass is 32.2. The van der Waals surface area contributed by atoms with Gasteiger partial charge in [-0.2, -0.15) is 13.5 Å². The Bertz CT molecular complexity index is 466. The Morgan fingerprint density at radius 2 is 2.31 bits per heavy atom. The van der Waals surface area contributed by atoms with Crippen molar-refractivity contribution in [2.24, 2.45) is 0 Å². The van der Waals surface area contributed by atoms with E-state index >= 15 is 0 Å². The molecule has 0 aliphatic carbocycles. The van der Waals surface area contributed by atoms with Gasteiger partial charge in [0.25, 0.3) is 0 Å². The fourth-order valence-corrected chi connectivity index (χ4v) is 1.78. The maximum absolute atomic E-state index is 11.4. The van der Waals surface area contributed by atoms with E-state index in [0.717, 1.165) is 7.11 Å². The number of nitrogens with one attached hydrogen (secondary N) is 3. The summed E-state index contributed by atoms with van der Waals surface area (Å²) >= 11 is 0. The van der Waals surface area contributed by atoms with Crippen LogP contribution in [0.3, 0.4) is 0 Å². The van der Waals surface area contributed by atoms with Crippen molar-refractivity contribution < 1.29 is 17.9 Å². The molecule has 1 aromatic heterocycles. The molecule has 0 aliphatic rings. The molecule has 0 saturated heterocycles. The molecule has 3 N–H and O–H groups in total. The van der Waals surface area contributed by atoms with Crippen molar-refractivity contribution in [1.29, 1.82) is 0 Å². The summed E-state index contributed by atoms with van der Waals surface area (Å²) in [5, 5.41) is 6.15. The lowest BCUT2D eigenvalue weighted by atomic mass is 10.3. The van der Waals surface area contributed by atoms with E-state index in [4.69, 9.17) is 0 Å². The molecule has 90 valence electrons. The van der Waals surface area contributed by atoms with Crippen LogP contribution >= 0.6 is 0 Å². The second kappa shape index (κ2) is 4.84. The van der Waals surface area contributed by atoms with Gasteiger partial charge >= 0.3 is 16.3 Å². The van der Waals surface area contributed by atoms with Gasteiger partial charge in [0.2, 0.25) is 0 Å². The molecule has 1 rings (SSSR count). The van der Waals surface area contributed by atoms with E-state index in [2.05, 4.69) is 19.7 Å². The van der Waals surface area contributed by atoms with Crippen molar-refractivity contribution in [3.05, 3.63) is 11.8 Å². The maximum Gasteiger partial charge on any atom is 0.422 e. The first-order chi connectivity index (χ1) is 7.48. The molecular formula is C7H12N4O4S. The van der Waals surface area contributed by atoms with Crippen LogP contribution in [0.1, 0.15) is 12.5 Å². The van der Waals surface area contributed by atoms with Gasteiger partial charge in [0.05, 0.1) is 13.3 Å². The van der Waals surface area contributed by atoms with E-state index in [-0.39, 0.29) is 5.82 Å². The number of amides is 1. The molecule has 0 atom stereocenters. The molecule has 0 unspecified atom stereocenters. The summed E-state index contributed by atoms with van der Waals surface area (Å²) < 4.78 is 30.7. The van der Waals surface area contributed by atoms with Gasteiger partial charge in [-0.1, -0.05) is 6.92 Å². The average Bonchev–Trinajstić information content (AvgIpc) is 2.63. The molecular weight excluding hydrogens is 236 g/mol. The van der Waals surface area contributed by atoms with Crippen LogP contribution in [0, 0.1) is 0 Å². The van der Waals surface area contributed by atoms with Crippen molar-refractivity contribution in [3.8, 4) is 0 Å². The second-order valence-corrected chi connectivity index (χ2v) is 4.24. The number of methoxy groups -OCH3 is 1. The Hall–Kier alpha value is -1.77. The number of aryl methyl sites for hydroxylation is 1. The Morgan fingerprint density at radius 3 is 2.88 bits per heavy atom. The number of ether oxygens (including phenoxy) is 1. The Kier molecular flexibility index (Phi) is 3.72. The van der Waals surface area contributed by atoms with E-state index in [1.807, 2.05) is 6.92 Å². The van der Waals surface area contributed by atoms with E-state index in [0.29, 0.717) is 12.0 Å². The quantitative estimate of drug-likeness (QED) is 0.693. The van der Waals surface area contributed by atoms with Crippen molar-refractivity contribution in [2.45, 2.75) is 13.3 Å². The Morgan fingerprint density at radius 1 is 1.62 bits per heavy atom. The van der Waals surface area contributed by atoms with Crippen LogP contribution in [-0.4, -0.2) is 31.8 Å². The largest absolute Gasteiger partial charge is 0.452 e. The molecule has 1 heterocycles. The summed E-state index contributed by atoms with van der Waals surface area (Å²) in [7, 11) is -2.93. The molecule has 0 saturated carbocycles. The van der Waals surface area contributed by atoms with Crippen molar-refractivity contribution in [2.75, 3.05) is 11.8 Å². The average molecular weight is 248 g/mol. The number of anilines is 1. The number of H-pyrrole nitrogens is 1. The monoisotopic (exact) mass is 248 g/mol. The summed E-state index contributed by atoms with van der Waals surface area (Å²) in [6.45, 7) is 1.84. The summed E-state index contributed by atoms with van der Waals surface area (Å²) in [5.41, 5.74) is 0.690. The predicted molar refractivity (Wildman–Crippen MR) is 56.0 cm³/mol. The molecule has 1 aromatic rings. The lowest BCUT2D eigenvalue weighted by molar-refractivity contribution is 0.177. The number of carbonyl (C=O) groups excluding carboxylic acids is 1. The summed E-state index contributed by atoms with van der Waals surface area (Å²) in [5.74, 6) is 0.221. The number of carbonyl (C=O) groups is 1. The third-order valence-corrected chi connectivity index (χ3v) is 2.65. The highest BCUT2D eigenvalue weighted by Crippen LogP contribution is 2.12. The minimum Gasteiger partial charge on any atom is -0.452 e. The number of hydrogen-bond donors (Lipinski definition) is 3. The zero-order valence-corrected chi connectivity index (χ0v) is 9.59. The molecule has 0 bridgehead atoms. The maximum atomic E-state index is 11.4. The first kappa shape index (κ1) is 12.3. The van der Waals surface area contributed by atoms with Gasteiger partial charge < -0.3 is 4.74 Å². The molecule has 16 heavy (non-hydrogen) atoms. The summed E-state index contributed by atoms with van der Waals surface area (Å²) in [6, 6.07) is 0. The van der Waals surface area contributed by atoms with Gasteiger partial charge in [-0.3, -0.25) is 9.82 Å². The third-order valence-electron chi connectivity index (χ3n) is 1.74. The topological polar surface area (TPSA) is 113 Å². The fourth-order valence-electron chi connectivity index (χ4n) is 0.979.